The van der Waals surface area contributed by atoms with Crippen molar-refractivity contribution in [3.63, 3.8) is 0 Å². The van der Waals surface area contributed by atoms with Crippen molar-refractivity contribution < 1.29 is 19.8 Å². The molecule has 0 fully saturated rings. The summed E-state index contributed by atoms with van der Waals surface area (Å²) < 4.78 is 0. The van der Waals surface area contributed by atoms with E-state index in [4.69, 9.17) is 10.2 Å². The van der Waals surface area contributed by atoms with Crippen LogP contribution in [0, 0.1) is 6.92 Å². The van der Waals surface area contributed by atoms with Gasteiger partial charge >= 0.3 is 5.97 Å². The lowest BCUT2D eigenvalue weighted by Gasteiger charge is -2.04. The summed E-state index contributed by atoms with van der Waals surface area (Å²) in [6.07, 6.45) is 2.64. The molecule has 0 saturated heterocycles. The maximum atomic E-state index is 11.5. The average Bonchev–Trinajstić information content (AvgIpc) is 2.27. The first kappa shape index (κ1) is 13.1. The van der Waals surface area contributed by atoms with Gasteiger partial charge in [-0.05, 0) is 30.2 Å². The molecule has 4 heteroatoms. The summed E-state index contributed by atoms with van der Waals surface area (Å²) in [5, 5.41) is 17.2. The van der Waals surface area contributed by atoms with Crippen LogP contribution in [0.5, 0.6) is 0 Å². The van der Waals surface area contributed by atoms with E-state index in [0.717, 1.165) is 17.2 Å². The summed E-state index contributed by atoms with van der Waals surface area (Å²) in [7, 11) is 0. The highest BCUT2D eigenvalue weighted by atomic mass is 16.4. The van der Waals surface area contributed by atoms with E-state index in [2.05, 4.69) is 0 Å². The van der Waals surface area contributed by atoms with Gasteiger partial charge in [-0.25, -0.2) is 4.79 Å². The molecule has 0 amide bonds. The van der Waals surface area contributed by atoms with Crippen LogP contribution in [-0.2, 0) is 4.79 Å². The van der Waals surface area contributed by atoms with Crippen molar-refractivity contribution in [3.05, 3.63) is 41.0 Å². The molecule has 0 aliphatic carbocycles. The summed E-state index contributed by atoms with van der Waals surface area (Å²) in [6, 6.07) is 5.02. The maximum Gasteiger partial charge on any atom is 0.328 e. The minimum Gasteiger partial charge on any atom is -0.478 e. The van der Waals surface area contributed by atoms with E-state index in [1.54, 1.807) is 25.1 Å². The van der Waals surface area contributed by atoms with Gasteiger partial charge in [-0.1, -0.05) is 12.1 Å². The van der Waals surface area contributed by atoms with Crippen molar-refractivity contribution in [1.29, 1.82) is 0 Å². The van der Waals surface area contributed by atoms with Crippen LogP contribution in [0.4, 0.5) is 0 Å². The second kappa shape index (κ2) is 5.96. The summed E-state index contributed by atoms with van der Waals surface area (Å²) in [4.78, 5) is 21.9. The highest BCUT2D eigenvalue weighted by Crippen LogP contribution is 2.14. The van der Waals surface area contributed by atoms with Gasteiger partial charge in [0.05, 0.1) is 6.61 Å². The summed E-state index contributed by atoms with van der Waals surface area (Å²) in [5.41, 5.74) is 2.11. The van der Waals surface area contributed by atoms with Crippen LogP contribution in [0.15, 0.2) is 24.3 Å². The topological polar surface area (TPSA) is 74.6 Å². The summed E-state index contributed by atoms with van der Waals surface area (Å²) in [5.74, 6) is -1.13. The standard InChI is InChI=1S/C13H14O4/c1-9-8-11(12(15)6-7-14)3-2-10(9)4-5-13(16)17/h2-5,8,14H,6-7H2,1H3,(H,16,17)/b5-4+. The van der Waals surface area contributed by atoms with E-state index in [1.165, 1.54) is 6.08 Å². The van der Waals surface area contributed by atoms with E-state index in [1.807, 2.05) is 0 Å². The number of aryl methyl sites for hydroxylation is 1. The number of Topliss-reactive ketones (excluding diaryl/α,β-unsaturated/α-hetero) is 1. The lowest BCUT2D eigenvalue weighted by Crippen LogP contribution is -2.02. The third kappa shape index (κ3) is 3.85. The van der Waals surface area contributed by atoms with Crippen LogP contribution in [-0.4, -0.2) is 28.6 Å². The molecular formula is C13H14O4. The van der Waals surface area contributed by atoms with Gasteiger partial charge in [0.1, 0.15) is 0 Å². The van der Waals surface area contributed by atoms with Gasteiger partial charge in [-0.15, -0.1) is 0 Å². The highest BCUT2D eigenvalue weighted by molar-refractivity contribution is 5.96. The predicted molar refractivity (Wildman–Crippen MR) is 63.9 cm³/mol. The Bertz CT molecular complexity index is 460. The monoisotopic (exact) mass is 234 g/mol. The minimum absolute atomic E-state index is 0.101. The number of ketones is 1. The van der Waals surface area contributed by atoms with Crippen molar-refractivity contribution in [1.82, 2.24) is 0 Å². The average molecular weight is 234 g/mol. The molecule has 0 aromatic heterocycles. The molecule has 0 unspecified atom stereocenters. The van der Waals surface area contributed by atoms with Gasteiger partial charge in [-0.2, -0.15) is 0 Å². The first-order valence-electron chi connectivity index (χ1n) is 5.20. The van der Waals surface area contributed by atoms with E-state index < -0.39 is 5.97 Å². The van der Waals surface area contributed by atoms with Crippen LogP contribution in [0.2, 0.25) is 0 Å². The number of rotatable bonds is 5. The van der Waals surface area contributed by atoms with Gasteiger partial charge in [0, 0.05) is 18.1 Å². The lowest BCUT2D eigenvalue weighted by atomic mass is 10.0. The Morgan fingerprint density at radius 1 is 1.35 bits per heavy atom. The van der Waals surface area contributed by atoms with Crippen LogP contribution in [0.25, 0.3) is 6.08 Å². The fourth-order valence-corrected chi connectivity index (χ4v) is 1.44. The third-order valence-electron chi connectivity index (χ3n) is 2.34. The molecule has 0 bridgehead atoms. The lowest BCUT2D eigenvalue weighted by molar-refractivity contribution is -0.131. The Kier molecular flexibility index (Phi) is 4.60. The molecule has 90 valence electrons. The molecule has 0 spiro atoms. The van der Waals surface area contributed by atoms with Crippen molar-refractivity contribution >= 4 is 17.8 Å². The highest BCUT2D eigenvalue weighted by Gasteiger charge is 2.06. The number of aliphatic hydroxyl groups excluding tert-OH is 1. The fraction of sp³-hybridized carbons (Fsp3) is 0.231. The molecule has 2 N–H and O–H groups in total. The van der Waals surface area contributed by atoms with Gasteiger partial charge < -0.3 is 10.2 Å². The fourth-order valence-electron chi connectivity index (χ4n) is 1.44. The number of carbonyl (C=O) groups is 2. The molecule has 4 nitrogen and oxygen atoms in total. The van der Waals surface area contributed by atoms with E-state index >= 15 is 0 Å². The summed E-state index contributed by atoms with van der Waals surface area (Å²) >= 11 is 0. The predicted octanol–water partition coefficient (Wildman–Crippen LogP) is 1.66. The first-order valence-corrected chi connectivity index (χ1v) is 5.20. The molecule has 17 heavy (non-hydrogen) atoms. The van der Waals surface area contributed by atoms with Crippen LogP contribution < -0.4 is 0 Å². The SMILES string of the molecule is Cc1cc(C(=O)CCO)ccc1/C=C/C(=O)O. The number of aliphatic carboxylic acids is 1. The quantitative estimate of drug-likeness (QED) is 0.600. The Hall–Kier alpha value is -1.94. The number of carboxylic acid groups (broad SMARTS) is 1. The second-order valence-electron chi connectivity index (χ2n) is 3.64. The van der Waals surface area contributed by atoms with Gasteiger partial charge in [0.25, 0.3) is 0 Å². The molecule has 1 rings (SSSR count). The number of hydrogen-bond donors (Lipinski definition) is 2. The van der Waals surface area contributed by atoms with Crippen LogP contribution >= 0.6 is 0 Å². The zero-order valence-corrected chi connectivity index (χ0v) is 9.51. The Morgan fingerprint density at radius 2 is 2.06 bits per heavy atom. The van der Waals surface area contributed by atoms with Crippen LogP contribution in [0.1, 0.15) is 27.9 Å². The molecule has 0 radical (unpaired) electrons. The molecule has 1 aromatic carbocycles. The first-order chi connectivity index (χ1) is 8.04. The Morgan fingerprint density at radius 3 is 2.59 bits per heavy atom. The number of hydrogen-bond acceptors (Lipinski definition) is 3. The molecular weight excluding hydrogens is 220 g/mol. The van der Waals surface area contributed by atoms with Crippen molar-refractivity contribution in [3.8, 4) is 0 Å². The molecule has 0 aliphatic rings. The largest absolute Gasteiger partial charge is 0.478 e. The molecule has 0 saturated carbocycles. The molecule has 0 atom stereocenters. The summed E-state index contributed by atoms with van der Waals surface area (Å²) in [6.45, 7) is 1.63. The van der Waals surface area contributed by atoms with E-state index in [0.29, 0.717) is 5.56 Å². The number of carbonyl (C=O) groups excluding carboxylic acids is 1. The van der Waals surface area contributed by atoms with Gasteiger partial charge in [-0.3, -0.25) is 4.79 Å². The zero-order chi connectivity index (χ0) is 12.8. The van der Waals surface area contributed by atoms with Crippen molar-refractivity contribution in [2.45, 2.75) is 13.3 Å². The Labute approximate surface area is 99.2 Å². The van der Waals surface area contributed by atoms with Gasteiger partial charge in [0.15, 0.2) is 5.78 Å². The second-order valence-corrected chi connectivity index (χ2v) is 3.64. The zero-order valence-electron chi connectivity index (χ0n) is 9.51. The third-order valence-corrected chi connectivity index (χ3v) is 2.34. The maximum absolute atomic E-state index is 11.5. The number of benzene rings is 1. The smallest absolute Gasteiger partial charge is 0.328 e. The van der Waals surface area contributed by atoms with E-state index in [9.17, 15) is 9.59 Å². The molecule has 0 aliphatic heterocycles. The normalized spacial score (nSPS) is 10.7. The minimum atomic E-state index is -1.01. The number of aliphatic hydroxyl groups is 1. The van der Waals surface area contributed by atoms with Crippen molar-refractivity contribution in [2.75, 3.05) is 6.61 Å². The van der Waals surface area contributed by atoms with E-state index in [-0.39, 0.29) is 18.8 Å². The number of carboxylic acids is 1. The van der Waals surface area contributed by atoms with Gasteiger partial charge in [0.2, 0.25) is 0 Å². The molecule has 1 aromatic rings. The Balaban J connectivity index is 2.93. The van der Waals surface area contributed by atoms with Crippen molar-refractivity contribution in [2.24, 2.45) is 0 Å². The van der Waals surface area contributed by atoms with Crippen LogP contribution in [0.3, 0.4) is 0 Å². The molecule has 0 heterocycles.